The van der Waals surface area contributed by atoms with Crippen LogP contribution in [-0.2, 0) is 16.5 Å². The molecule has 186 valence electrons. The maximum absolute atomic E-state index is 15.0. The van der Waals surface area contributed by atoms with Gasteiger partial charge in [0, 0.05) is 35.9 Å². The SMILES string of the molecule is Cc1nc2c(-c3ccc(Cl)cc3F)nc(N3CCO[C@H](c4cnn(C5COC5)c4)C3)nc2c(=O)n1C. The number of morpholine rings is 1. The highest BCUT2D eigenvalue weighted by atomic mass is 35.5. The third-order valence-corrected chi connectivity index (χ3v) is 6.90. The van der Waals surface area contributed by atoms with Crippen LogP contribution in [-0.4, -0.2) is 62.2 Å². The first-order chi connectivity index (χ1) is 17.4. The predicted molar refractivity (Wildman–Crippen MR) is 131 cm³/mol. The monoisotopic (exact) mass is 511 g/mol. The van der Waals surface area contributed by atoms with Crippen LogP contribution in [0.3, 0.4) is 0 Å². The van der Waals surface area contributed by atoms with Crippen LogP contribution >= 0.6 is 11.6 Å². The number of rotatable bonds is 4. The Hall–Kier alpha value is -3.41. The summed E-state index contributed by atoms with van der Waals surface area (Å²) in [6.07, 6.45) is 3.51. The van der Waals surface area contributed by atoms with E-state index in [9.17, 15) is 9.18 Å². The molecule has 4 aromatic rings. The molecule has 0 saturated carbocycles. The molecule has 0 radical (unpaired) electrons. The summed E-state index contributed by atoms with van der Waals surface area (Å²) >= 11 is 5.98. The van der Waals surface area contributed by atoms with Crippen LogP contribution in [0.1, 0.15) is 23.5 Å². The molecule has 0 bridgehead atoms. The summed E-state index contributed by atoms with van der Waals surface area (Å²) in [6.45, 7) is 4.39. The number of benzene rings is 1. The third-order valence-electron chi connectivity index (χ3n) is 6.66. The number of hydrogen-bond acceptors (Lipinski definition) is 8. The van der Waals surface area contributed by atoms with Gasteiger partial charge >= 0.3 is 0 Å². The summed E-state index contributed by atoms with van der Waals surface area (Å²) in [4.78, 5) is 28.9. The van der Waals surface area contributed by atoms with Gasteiger partial charge in [0.25, 0.3) is 5.56 Å². The van der Waals surface area contributed by atoms with Crippen LogP contribution in [0.2, 0.25) is 5.02 Å². The number of hydrogen-bond donors (Lipinski definition) is 0. The predicted octanol–water partition coefficient (Wildman–Crippen LogP) is 2.84. The first-order valence-electron chi connectivity index (χ1n) is 11.6. The fourth-order valence-electron chi connectivity index (χ4n) is 4.38. The summed E-state index contributed by atoms with van der Waals surface area (Å²) in [5, 5.41) is 4.72. The van der Waals surface area contributed by atoms with Crippen molar-refractivity contribution in [2.45, 2.75) is 19.1 Å². The van der Waals surface area contributed by atoms with Gasteiger partial charge in [-0.15, -0.1) is 0 Å². The molecule has 12 heteroatoms. The van der Waals surface area contributed by atoms with E-state index in [0.29, 0.717) is 44.7 Å². The molecule has 0 unspecified atom stereocenters. The lowest BCUT2D eigenvalue weighted by Gasteiger charge is -2.33. The minimum Gasteiger partial charge on any atom is -0.377 e. The van der Waals surface area contributed by atoms with E-state index in [2.05, 4.69) is 15.1 Å². The molecule has 0 amide bonds. The lowest BCUT2D eigenvalue weighted by Crippen LogP contribution is -2.39. The third kappa shape index (κ3) is 3.93. The highest BCUT2D eigenvalue weighted by Crippen LogP contribution is 2.31. The fourth-order valence-corrected chi connectivity index (χ4v) is 4.54. The van der Waals surface area contributed by atoms with Crippen molar-refractivity contribution in [3.8, 4) is 11.3 Å². The van der Waals surface area contributed by atoms with E-state index in [0.717, 1.165) is 5.56 Å². The normalized spacial score (nSPS) is 18.6. The van der Waals surface area contributed by atoms with Crippen LogP contribution in [0.5, 0.6) is 0 Å². The van der Waals surface area contributed by atoms with E-state index >= 15 is 0 Å². The minimum absolute atomic E-state index is 0.123. The molecule has 1 aromatic carbocycles. The summed E-state index contributed by atoms with van der Waals surface area (Å²) in [5.41, 5.74) is 1.41. The second-order valence-electron chi connectivity index (χ2n) is 8.97. The van der Waals surface area contributed by atoms with Gasteiger partial charge in [-0.3, -0.25) is 14.0 Å². The molecule has 2 aliphatic heterocycles. The standard InChI is InChI=1S/C24H23ClFN7O3/c1-13-28-21-20(17-4-3-15(25)7-18(17)26)29-24(30-22(21)23(34)31(13)2)32-5-6-36-19(10-32)14-8-27-33(9-14)16-11-35-12-16/h3-4,7-9,16,19H,5-6,10-12H2,1-2H3/t19-/m0/s1. The van der Waals surface area contributed by atoms with Crippen LogP contribution in [0.15, 0.2) is 35.4 Å². The Bertz CT molecular complexity index is 1530. The number of aryl methyl sites for hydroxylation is 1. The van der Waals surface area contributed by atoms with E-state index in [1.54, 1.807) is 32.3 Å². The lowest BCUT2D eigenvalue weighted by molar-refractivity contribution is -0.0288. The number of halogens is 2. The average Bonchev–Trinajstić information content (AvgIpc) is 3.31. The number of fused-ring (bicyclic) bond motifs is 1. The first kappa shape index (κ1) is 23.0. The number of anilines is 1. The first-order valence-corrected chi connectivity index (χ1v) is 12.0. The molecule has 2 aliphatic rings. The minimum atomic E-state index is -0.555. The van der Waals surface area contributed by atoms with Crippen molar-refractivity contribution in [2.24, 2.45) is 7.05 Å². The second-order valence-corrected chi connectivity index (χ2v) is 9.40. The molecule has 0 N–H and O–H groups in total. The van der Waals surface area contributed by atoms with Gasteiger partial charge in [0.05, 0.1) is 38.6 Å². The number of aromatic nitrogens is 6. The molecule has 1 atom stereocenters. The van der Waals surface area contributed by atoms with Gasteiger partial charge in [0.2, 0.25) is 5.95 Å². The Kier molecular flexibility index (Phi) is 5.70. The summed E-state index contributed by atoms with van der Waals surface area (Å²) in [7, 11) is 1.63. The van der Waals surface area contributed by atoms with Crippen molar-refractivity contribution in [3.63, 3.8) is 0 Å². The van der Waals surface area contributed by atoms with Crippen molar-refractivity contribution in [1.29, 1.82) is 0 Å². The molecule has 6 rings (SSSR count). The average molecular weight is 512 g/mol. The number of nitrogens with zero attached hydrogens (tertiary/aromatic N) is 7. The Balaban J connectivity index is 1.43. The largest absolute Gasteiger partial charge is 0.377 e. The zero-order valence-electron chi connectivity index (χ0n) is 19.7. The van der Waals surface area contributed by atoms with Crippen LogP contribution < -0.4 is 10.5 Å². The molecular weight excluding hydrogens is 489 g/mol. The maximum atomic E-state index is 15.0. The van der Waals surface area contributed by atoms with E-state index in [1.807, 2.05) is 15.8 Å². The quantitative estimate of drug-likeness (QED) is 0.412. The summed E-state index contributed by atoms with van der Waals surface area (Å²) in [5.74, 6) is 0.225. The van der Waals surface area contributed by atoms with E-state index in [4.69, 9.17) is 26.1 Å². The van der Waals surface area contributed by atoms with E-state index in [-0.39, 0.29) is 45.0 Å². The van der Waals surface area contributed by atoms with Crippen molar-refractivity contribution in [2.75, 3.05) is 37.8 Å². The zero-order chi connectivity index (χ0) is 25.0. The molecule has 5 heterocycles. The molecule has 2 saturated heterocycles. The summed E-state index contributed by atoms with van der Waals surface area (Å²) in [6, 6.07) is 4.58. The highest BCUT2D eigenvalue weighted by Gasteiger charge is 2.29. The van der Waals surface area contributed by atoms with E-state index < -0.39 is 5.82 Å². The second kappa shape index (κ2) is 8.91. The molecular formula is C24H23ClFN7O3. The molecule has 3 aromatic heterocycles. The Morgan fingerprint density at radius 3 is 2.75 bits per heavy atom. The van der Waals surface area contributed by atoms with Crippen molar-refractivity contribution in [1.82, 2.24) is 29.3 Å². The van der Waals surface area contributed by atoms with Gasteiger partial charge < -0.3 is 14.4 Å². The topological polar surface area (TPSA) is 100 Å². The van der Waals surface area contributed by atoms with E-state index in [1.165, 1.54) is 10.6 Å². The lowest BCUT2D eigenvalue weighted by atomic mass is 10.1. The fraction of sp³-hybridized carbons (Fsp3) is 0.375. The maximum Gasteiger partial charge on any atom is 0.279 e. The molecule has 2 fully saturated rings. The van der Waals surface area contributed by atoms with Gasteiger partial charge in [-0.1, -0.05) is 11.6 Å². The Morgan fingerprint density at radius 2 is 2.00 bits per heavy atom. The van der Waals surface area contributed by atoms with Crippen LogP contribution in [0.4, 0.5) is 10.3 Å². The molecule has 0 aliphatic carbocycles. The Morgan fingerprint density at radius 1 is 1.17 bits per heavy atom. The van der Waals surface area contributed by atoms with Gasteiger partial charge in [0.15, 0.2) is 5.52 Å². The number of ether oxygens (including phenoxy) is 2. The van der Waals surface area contributed by atoms with Crippen molar-refractivity contribution in [3.05, 3.63) is 63.2 Å². The molecule has 10 nitrogen and oxygen atoms in total. The van der Waals surface area contributed by atoms with Gasteiger partial charge in [-0.05, 0) is 25.1 Å². The zero-order valence-corrected chi connectivity index (χ0v) is 20.4. The van der Waals surface area contributed by atoms with Gasteiger partial charge in [-0.2, -0.15) is 5.10 Å². The van der Waals surface area contributed by atoms with Crippen molar-refractivity contribution < 1.29 is 13.9 Å². The molecule has 0 spiro atoms. The Labute approximate surface area is 210 Å². The molecule has 36 heavy (non-hydrogen) atoms. The van der Waals surface area contributed by atoms with Crippen molar-refractivity contribution >= 4 is 28.6 Å². The van der Waals surface area contributed by atoms with Gasteiger partial charge in [-0.25, -0.2) is 19.3 Å². The van der Waals surface area contributed by atoms with Crippen LogP contribution in [0.25, 0.3) is 22.3 Å². The summed E-state index contributed by atoms with van der Waals surface area (Å²) < 4.78 is 29.6. The van der Waals surface area contributed by atoms with Gasteiger partial charge in [0.1, 0.15) is 29.0 Å². The smallest absolute Gasteiger partial charge is 0.279 e. The van der Waals surface area contributed by atoms with Crippen LogP contribution in [0, 0.1) is 12.7 Å². The highest BCUT2D eigenvalue weighted by molar-refractivity contribution is 6.30.